The second-order valence-electron chi connectivity index (χ2n) is 4.22. The molecule has 9 nitrogen and oxygen atoms in total. The summed E-state index contributed by atoms with van der Waals surface area (Å²) in [6, 6.07) is 2.03. The number of aryl methyl sites for hydroxylation is 1. The number of carbonyl (C=O) groups is 3. The molecule has 1 amide bonds. The molecule has 0 radical (unpaired) electrons. The van der Waals surface area contributed by atoms with Gasteiger partial charge in [0, 0.05) is 17.2 Å². The van der Waals surface area contributed by atoms with Gasteiger partial charge >= 0.3 is 11.9 Å². The van der Waals surface area contributed by atoms with Gasteiger partial charge in [0.1, 0.15) is 6.04 Å². The van der Waals surface area contributed by atoms with Crippen LogP contribution in [0.2, 0.25) is 0 Å². The average molecular weight is 296 g/mol. The molecule has 0 unspecified atom stereocenters. The summed E-state index contributed by atoms with van der Waals surface area (Å²) in [5.74, 6) is -3.79. The maximum absolute atomic E-state index is 11.8. The van der Waals surface area contributed by atoms with Crippen molar-refractivity contribution in [2.45, 2.75) is 19.4 Å². The summed E-state index contributed by atoms with van der Waals surface area (Å²) in [4.78, 5) is 43.3. The van der Waals surface area contributed by atoms with E-state index in [-0.39, 0.29) is 11.3 Å². The molecule has 0 aliphatic carbocycles. The quantitative estimate of drug-likeness (QED) is 0.513. The molecular weight excluding hydrogens is 284 g/mol. The number of hydrogen-bond acceptors (Lipinski definition) is 5. The zero-order valence-electron chi connectivity index (χ0n) is 10.9. The molecule has 0 heterocycles. The van der Waals surface area contributed by atoms with Crippen LogP contribution >= 0.6 is 0 Å². The van der Waals surface area contributed by atoms with Crippen molar-refractivity contribution in [3.05, 3.63) is 39.4 Å². The number of carboxylic acid groups (broad SMARTS) is 2. The van der Waals surface area contributed by atoms with Gasteiger partial charge < -0.3 is 15.5 Å². The molecule has 0 aliphatic heterocycles. The van der Waals surface area contributed by atoms with Crippen molar-refractivity contribution < 1.29 is 29.5 Å². The Morgan fingerprint density at radius 2 is 1.95 bits per heavy atom. The molecule has 0 aliphatic rings. The number of hydrogen-bond donors (Lipinski definition) is 3. The summed E-state index contributed by atoms with van der Waals surface area (Å²) in [6.07, 6.45) is -0.797. The van der Waals surface area contributed by atoms with Gasteiger partial charge in [-0.05, 0) is 13.0 Å². The number of rotatable bonds is 6. The molecule has 1 aromatic rings. The summed E-state index contributed by atoms with van der Waals surface area (Å²) >= 11 is 0. The van der Waals surface area contributed by atoms with Gasteiger partial charge in [-0.3, -0.25) is 19.7 Å². The van der Waals surface area contributed by atoms with Crippen molar-refractivity contribution in [1.29, 1.82) is 0 Å². The lowest BCUT2D eigenvalue weighted by Crippen LogP contribution is -2.42. The van der Waals surface area contributed by atoms with Gasteiger partial charge in [0.2, 0.25) is 0 Å². The van der Waals surface area contributed by atoms with E-state index in [0.29, 0.717) is 5.56 Å². The third-order valence-corrected chi connectivity index (χ3v) is 2.65. The van der Waals surface area contributed by atoms with E-state index in [1.54, 1.807) is 0 Å². The molecule has 112 valence electrons. The summed E-state index contributed by atoms with van der Waals surface area (Å²) in [5.41, 5.74) is -0.0615. The molecule has 0 fully saturated rings. The van der Waals surface area contributed by atoms with Crippen molar-refractivity contribution in [3.63, 3.8) is 0 Å². The second-order valence-corrected chi connectivity index (χ2v) is 4.22. The Kier molecular flexibility index (Phi) is 4.95. The van der Waals surface area contributed by atoms with Crippen LogP contribution in [-0.2, 0) is 9.59 Å². The number of amides is 1. The van der Waals surface area contributed by atoms with Gasteiger partial charge in [-0.2, -0.15) is 0 Å². The molecule has 0 aromatic heterocycles. The van der Waals surface area contributed by atoms with Crippen LogP contribution in [0.5, 0.6) is 0 Å². The first-order chi connectivity index (χ1) is 9.72. The van der Waals surface area contributed by atoms with Crippen LogP contribution in [0.15, 0.2) is 18.2 Å². The minimum Gasteiger partial charge on any atom is -0.481 e. The van der Waals surface area contributed by atoms with Gasteiger partial charge in [0.15, 0.2) is 0 Å². The fraction of sp³-hybridized carbons (Fsp3) is 0.250. The molecule has 9 heteroatoms. The summed E-state index contributed by atoms with van der Waals surface area (Å²) in [7, 11) is 0. The lowest BCUT2D eigenvalue weighted by molar-refractivity contribution is -0.385. The minimum atomic E-state index is -1.62. The van der Waals surface area contributed by atoms with Gasteiger partial charge in [-0.1, -0.05) is 6.07 Å². The largest absolute Gasteiger partial charge is 0.481 e. The van der Waals surface area contributed by atoms with Crippen LogP contribution in [0, 0.1) is 17.0 Å². The van der Waals surface area contributed by atoms with E-state index < -0.39 is 35.2 Å². The number of nitrogens with one attached hydrogen (secondary N) is 1. The highest BCUT2D eigenvalue weighted by atomic mass is 16.6. The molecule has 3 N–H and O–H groups in total. The Balaban J connectivity index is 2.97. The van der Waals surface area contributed by atoms with Crippen molar-refractivity contribution in [3.8, 4) is 0 Å². The first-order valence-corrected chi connectivity index (χ1v) is 5.73. The van der Waals surface area contributed by atoms with Crippen molar-refractivity contribution in [2.24, 2.45) is 0 Å². The Morgan fingerprint density at radius 1 is 1.33 bits per heavy atom. The third-order valence-electron chi connectivity index (χ3n) is 2.65. The Labute approximate surface area is 118 Å². The molecule has 1 atom stereocenters. The number of carboxylic acids is 2. The zero-order valence-corrected chi connectivity index (χ0v) is 10.9. The van der Waals surface area contributed by atoms with Gasteiger partial charge in [0.05, 0.1) is 11.3 Å². The van der Waals surface area contributed by atoms with Crippen LogP contribution in [0.4, 0.5) is 5.69 Å². The first kappa shape index (κ1) is 16.1. The molecule has 0 saturated carbocycles. The number of nitrogens with zero attached hydrogens (tertiary/aromatic N) is 1. The van der Waals surface area contributed by atoms with Gasteiger partial charge in [-0.25, -0.2) is 4.79 Å². The Hall–Kier alpha value is -2.97. The summed E-state index contributed by atoms with van der Waals surface area (Å²) < 4.78 is 0. The lowest BCUT2D eigenvalue weighted by Gasteiger charge is -2.12. The molecular formula is C12H12N2O7. The fourth-order valence-corrected chi connectivity index (χ4v) is 1.56. The van der Waals surface area contributed by atoms with Crippen LogP contribution in [-0.4, -0.2) is 39.0 Å². The molecule has 0 bridgehead atoms. The highest BCUT2D eigenvalue weighted by Gasteiger charge is 2.24. The van der Waals surface area contributed by atoms with E-state index in [9.17, 15) is 24.5 Å². The van der Waals surface area contributed by atoms with Crippen LogP contribution in [0.1, 0.15) is 22.3 Å². The number of carbonyl (C=O) groups excluding carboxylic acids is 1. The van der Waals surface area contributed by atoms with Crippen LogP contribution in [0.3, 0.4) is 0 Å². The number of benzene rings is 1. The van der Waals surface area contributed by atoms with E-state index >= 15 is 0 Å². The highest BCUT2D eigenvalue weighted by molar-refractivity contribution is 5.97. The van der Waals surface area contributed by atoms with Crippen molar-refractivity contribution in [1.82, 2.24) is 5.32 Å². The monoisotopic (exact) mass is 296 g/mol. The standard InChI is InChI=1S/C12H12N2O7/c1-6-2-3-7(4-9(6)14(20)21)11(17)13-8(12(18)19)5-10(15)16/h2-4,8H,5H2,1H3,(H,13,17)(H,15,16)(H,18,19)/t8-/m1/s1. The molecule has 1 rings (SSSR count). The van der Waals surface area contributed by atoms with E-state index in [1.807, 2.05) is 5.32 Å². The number of aliphatic carboxylic acids is 2. The summed E-state index contributed by atoms with van der Waals surface area (Å²) in [6.45, 7) is 1.49. The van der Waals surface area contributed by atoms with E-state index in [0.717, 1.165) is 6.07 Å². The van der Waals surface area contributed by atoms with Gasteiger partial charge in [-0.15, -0.1) is 0 Å². The number of nitro benzene ring substituents is 1. The third kappa shape index (κ3) is 4.27. The molecule has 1 aromatic carbocycles. The highest BCUT2D eigenvalue weighted by Crippen LogP contribution is 2.19. The normalized spacial score (nSPS) is 11.5. The lowest BCUT2D eigenvalue weighted by atomic mass is 10.1. The SMILES string of the molecule is Cc1ccc(C(=O)N[C@H](CC(=O)O)C(=O)O)cc1[N+](=O)[O-]. The molecule has 0 saturated heterocycles. The Morgan fingerprint density at radius 3 is 2.43 bits per heavy atom. The number of nitro groups is 1. The fourth-order valence-electron chi connectivity index (χ4n) is 1.56. The van der Waals surface area contributed by atoms with Crippen molar-refractivity contribution in [2.75, 3.05) is 0 Å². The predicted octanol–water partition coefficient (Wildman–Crippen LogP) is 0.561. The maximum atomic E-state index is 11.8. The summed E-state index contributed by atoms with van der Waals surface area (Å²) in [5, 5.41) is 30.2. The van der Waals surface area contributed by atoms with E-state index in [4.69, 9.17) is 10.2 Å². The van der Waals surface area contributed by atoms with Crippen molar-refractivity contribution >= 4 is 23.5 Å². The van der Waals surface area contributed by atoms with E-state index in [1.165, 1.54) is 19.1 Å². The molecule has 0 spiro atoms. The predicted molar refractivity (Wildman–Crippen MR) is 69.0 cm³/mol. The van der Waals surface area contributed by atoms with Crippen LogP contribution in [0.25, 0.3) is 0 Å². The zero-order chi connectivity index (χ0) is 16.2. The first-order valence-electron chi connectivity index (χ1n) is 5.73. The van der Waals surface area contributed by atoms with Crippen LogP contribution < -0.4 is 5.32 Å². The topological polar surface area (TPSA) is 147 Å². The maximum Gasteiger partial charge on any atom is 0.326 e. The van der Waals surface area contributed by atoms with E-state index in [2.05, 4.69) is 0 Å². The minimum absolute atomic E-state index is 0.121. The smallest absolute Gasteiger partial charge is 0.326 e. The average Bonchev–Trinajstić information content (AvgIpc) is 2.37. The molecule has 21 heavy (non-hydrogen) atoms. The Bertz CT molecular complexity index is 612. The second kappa shape index (κ2) is 6.46. The van der Waals surface area contributed by atoms with Gasteiger partial charge in [0.25, 0.3) is 11.6 Å².